The molecular formula is C15H17N3O2S. The number of rotatable bonds is 5. The van der Waals surface area contributed by atoms with Gasteiger partial charge in [-0.05, 0) is 19.4 Å². The van der Waals surface area contributed by atoms with Gasteiger partial charge < -0.3 is 10.3 Å². The average Bonchev–Trinajstić information content (AvgIpc) is 2.43. The molecule has 6 heteroatoms. The van der Waals surface area contributed by atoms with Crippen LogP contribution in [0.2, 0.25) is 0 Å². The van der Waals surface area contributed by atoms with Gasteiger partial charge in [-0.2, -0.15) is 0 Å². The Balaban J connectivity index is 1.82. The SMILES string of the molecule is Cc1ccc(CNC(=O)CSc2nc(C)cc(=O)[nH]2)cc1. The Morgan fingerprint density at radius 3 is 2.67 bits per heavy atom. The summed E-state index contributed by atoms with van der Waals surface area (Å²) in [5, 5.41) is 3.30. The molecule has 0 unspecified atom stereocenters. The van der Waals surface area contributed by atoms with Crippen LogP contribution in [0.25, 0.3) is 0 Å². The van der Waals surface area contributed by atoms with Crippen molar-refractivity contribution in [1.29, 1.82) is 0 Å². The third kappa shape index (κ3) is 5.07. The van der Waals surface area contributed by atoms with Crippen LogP contribution in [0.5, 0.6) is 0 Å². The lowest BCUT2D eigenvalue weighted by molar-refractivity contribution is -0.118. The van der Waals surface area contributed by atoms with Crippen LogP contribution >= 0.6 is 11.8 Å². The molecule has 0 aliphatic heterocycles. The van der Waals surface area contributed by atoms with Gasteiger partial charge in [0.25, 0.3) is 5.56 Å². The maximum absolute atomic E-state index is 11.8. The maximum atomic E-state index is 11.8. The van der Waals surface area contributed by atoms with Gasteiger partial charge in [0.15, 0.2) is 5.16 Å². The van der Waals surface area contributed by atoms with Gasteiger partial charge in [0.05, 0.1) is 5.75 Å². The first kappa shape index (κ1) is 15.3. The molecule has 0 fully saturated rings. The average molecular weight is 303 g/mol. The van der Waals surface area contributed by atoms with Crippen molar-refractivity contribution in [2.45, 2.75) is 25.5 Å². The first-order chi connectivity index (χ1) is 10.0. The van der Waals surface area contributed by atoms with Crippen LogP contribution in [0.3, 0.4) is 0 Å². The third-order valence-electron chi connectivity index (χ3n) is 2.80. The molecule has 2 N–H and O–H groups in total. The molecule has 0 radical (unpaired) electrons. The molecule has 1 amide bonds. The zero-order valence-corrected chi connectivity index (χ0v) is 12.8. The topological polar surface area (TPSA) is 74.8 Å². The van der Waals surface area contributed by atoms with E-state index in [1.807, 2.05) is 31.2 Å². The minimum absolute atomic E-state index is 0.0928. The fraction of sp³-hybridized carbons (Fsp3) is 0.267. The number of aromatic amines is 1. The van der Waals surface area contributed by atoms with Gasteiger partial charge >= 0.3 is 0 Å². The molecule has 0 saturated carbocycles. The Labute approximate surface area is 127 Å². The van der Waals surface area contributed by atoms with Gasteiger partial charge in [-0.15, -0.1) is 0 Å². The second-order valence-electron chi connectivity index (χ2n) is 4.74. The summed E-state index contributed by atoms with van der Waals surface area (Å²) < 4.78 is 0. The highest BCUT2D eigenvalue weighted by molar-refractivity contribution is 7.99. The van der Waals surface area contributed by atoms with Crippen LogP contribution < -0.4 is 10.9 Å². The summed E-state index contributed by atoms with van der Waals surface area (Å²) in [5.74, 6) is 0.128. The Morgan fingerprint density at radius 2 is 2.00 bits per heavy atom. The normalized spacial score (nSPS) is 10.4. The fourth-order valence-corrected chi connectivity index (χ4v) is 2.46. The Bertz CT molecular complexity index is 680. The minimum atomic E-state index is -0.204. The van der Waals surface area contributed by atoms with E-state index in [4.69, 9.17) is 0 Å². The number of carbonyl (C=O) groups is 1. The van der Waals surface area contributed by atoms with Gasteiger partial charge in [0.1, 0.15) is 0 Å². The number of carbonyl (C=O) groups excluding carboxylic acids is 1. The van der Waals surface area contributed by atoms with Crippen molar-refractivity contribution >= 4 is 17.7 Å². The molecule has 1 aromatic heterocycles. The monoisotopic (exact) mass is 303 g/mol. The smallest absolute Gasteiger partial charge is 0.251 e. The standard InChI is InChI=1S/C15H17N3O2S/c1-10-3-5-12(6-4-10)8-16-14(20)9-21-15-17-11(2)7-13(19)18-15/h3-7H,8-9H2,1-2H3,(H,16,20)(H,17,18,19). The zero-order chi connectivity index (χ0) is 15.2. The van der Waals surface area contributed by atoms with Crippen LogP contribution in [-0.4, -0.2) is 21.6 Å². The van der Waals surface area contributed by atoms with E-state index in [1.165, 1.54) is 23.4 Å². The summed E-state index contributed by atoms with van der Waals surface area (Å²) in [6.07, 6.45) is 0. The molecule has 0 saturated heterocycles. The highest BCUT2D eigenvalue weighted by Crippen LogP contribution is 2.10. The minimum Gasteiger partial charge on any atom is -0.351 e. The fourth-order valence-electron chi connectivity index (χ4n) is 1.71. The summed E-state index contributed by atoms with van der Waals surface area (Å²) >= 11 is 1.22. The number of nitrogens with one attached hydrogen (secondary N) is 2. The number of thioether (sulfide) groups is 1. The van der Waals surface area contributed by atoms with E-state index in [9.17, 15) is 9.59 Å². The molecule has 0 aliphatic rings. The highest BCUT2D eigenvalue weighted by atomic mass is 32.2. The van der Waals surface area contributed by atoms with Crippen LogP contribution in [0, 0.1) is 13.8 Å². The largest absolute Gasteiger partial charge is 0.351 e. The predicted molar refractivity (Wildman–Crippen MR) is 83.3 cm³/mol. The van der Waals surface area contributed by atoms with Crippen molar-refractivity contribution < 1.29 is 4.79 Å². The number of hydrogen-bond acceptors (Lipinski definition) is 4. The maximum Gasteiger partial charge on any atom is 0.251 e. The lowest BCUT2D eigenvalue weighted by Crippen LogP contribution is -2.24. The van der Waals surface area contributed by atoms with Crippen LogP contribution in [-0.2, 0) is 11.3 Å². The molecule has 0 aliphatic carbocycles. The highest BCUT2D eigenvalue weighted by Gasteiger charge is 2.05. The van der Waals surface area contributed by atoms with E-state index in [0.717, 1.165) is 5.56 Å². The van der Waals surface area contributed by atoms with Crippen LogP contribution in [0.15, 0.2) is 40.3 Å². The van der Waals surface area contributed by atoms with Crippen molar-refractivity contribution in [3.63, 3.8) is 0 Å². The first-order valence-corrected chi connectivity index (χ1v) is 7.54. The van der Waals surface area contributed by atoms with Gasteiger partial charge in [-0.25, -0.2) is 4.98 Å². The quantitative estimate of drug-likeness (QED) is 0.652. The Morgan fingerprint density at radius 1 is 1.29 bits per heavy atom. The lowest BCUT2D eigenvalue weighted by atomic mass is 10.1. The molecule has 2 aromatic rings. The summed E-state index contributed by atoms with van der Waals surface area (Å²) in [6.45, 7) is 4.27. The molecule has 1 aromatic carbocycles. The lowest BCUT2D eigenvalue weighted by Gasteiger charge is -2.05. The molecule has 0 atom stereocenters. The summed E-state index contributed by atoms with van der Waals surface area (Å²) in [5.41, 5.74) is 2.68. The second kappa shape index (κ2) is 7.08. The van der Waals surface area contributed by atoms with Gasteiger partial charge in [-0.3, -0.25) is 9.59 Å². The van der Waals surface area contributed by atoms with E-state index in [2.05, 4.69) is 15.3 Å². The van der Waals surface area contributed by atoms with E-state index in [-0.39, 0.29) is 17.2 Å². The molecule has 0 spiro atoms. The molecule has 2 rings (SSSR count). The van der Waals surface area contributed by atoms with Crippen molar-refractivity contribution in [3.8, 4) is 0 Å². The number of benzene rings is 1. The summed E-state index contributed by atoms with van der Waals surface area (Å²) in [4.78, 5) is 29.8. The number of aromatic nitrogens is 2. The number of aryl methyl sites for hydroxylation is 2. The Hall–Kier alpha value is -2.08. The van der Waals surface area contributed by atoms with Gasteiger partial charge in [0.2, 0.25) is 5.91 Å². The van der Waals surface area contributed by atoms with Gasteiger partial charge in [0, 0.05) is 18.3 Å². The molecule has 5 nitrogen and oxygen atoms in total. The summed E-state index contributed by atoms with van der Waals surface area (Å²) in [7, 11) is 0. The number of nitrogens with zero attached hydrogens (tertiary/aromatic N) is 1. The van der Waals surface area contributed by atoms with Gasteiger partial charge in [-0.1, -0.05) is 41.6 Å². The molecule has 0 bridgehead atoms. The van der Waals surface area contributed by atoms with E-state index >= 15 is 0 Å². The van der Waals surface area contributed by atoms with E-state index < -0.39 is 0 Å². The predicted octanol–water partition coefficient (Wildman–Crippen LogP) is 1.80. The molecule has 21 heavy (non-hydrogen) atoms. The molecular weight excluding hydrogens is 286 g/mol. The zero-order valence-electron chi connectivity index (χ0n) is 12.0. The third-order valence-corrected chi connectivity index (χ3v) is 3.67. The van der Waals surface area contributed by atoms with E-state index in [1.54, 1.807) is 6.92 Å². The molecule has 110 valence electrons. The summed E-state index contributed by atoms with van der Waals surface area (Å²) in [6, 6.07) is 9.42. The van der Waals surface area contributed by atoms with Crippen molar-refractivity contribution in [1.82, 2.24) is 15.3 Å². The van der Waals surface area contributed by atoms with Crippen LogP contribution in [0.1, 0.15) is 16.8 Å². The molecule has 1 heterocycles. The first-order valence-electron chi connectivity index (χ1n) is 6.56. The number of hydrogen-bond donors (Lipinski definition) is 2. The van der Waals surface area contributed by atoms with Crippen molar-refractivity contribution in [2.75, 3.05) is 5.75 Å². The van der Waals surface area contributed by atoms with Crippen LogP contribution in [0.4, 0.5) is 0 Å². The number of amides is 1. The second-order valence-corrected chi connectivity index (χ2v) is 5.71. The van der Waals surface area contributed by atoms with Crippen molar-refractivity contribution in [3.05, 3.63) is 57.5 Å². The van der Waals surface area contributed by atoms with Crippen molar-refractivity contribution in [2.24, 2.45) is 0 Å². The number of H-pyrrole nitrogens is 1. The Kier molecular flexibility index (Phi) is 5.16. The van der Waals surface area contributed by atoms with E-state index in [0.29, 0.717) is 17.4 Å².